The van der Waals surface area contributed by atoms with E-state index in [1.165, 1.54) is 0 Å². The largest absolute Gasteiger partial charge is 0.494 e. The number of rotatable bonds is 10. The van der Waals surface area contributed by atoms with Gasteiger partial charge in [0.15, 0.2) is 5.78 Å². The number of halogens is 1. The average molecular weight is 353 g/mol. The van der Waals surface area contributed by atoms with E-state index in [0.717, 1.165) is 24.3 Å². The highest BCUT2D eigenvalue weighted by atomic mass is 35.5. The second-order valence-corrected chi connectivity index (χ2v) is 5.22. The molecule has 2 rings (SSSR count). The number of aromatic nitrogens is 2. The number of ether oxygens (including phenoxy) is 1. The molecule has 24 heavy (non-hydrogen) atoms. The number of benzene rings is 1. The van der Waals surface area contributed by atoms with Crippen LogP contribution < -0.4 is 4.74 Å². The molecular weight excluding hydrogens is 332 g/mol. The Morgan fingerprint density at radius 3 is 2.50 bits per heavy atom. The number of nitrogens with one attached hydrogen (secondary N) is 1. The number of carboxylic acid groups (broad SMARTS) is 1. The standard InChI is InChI=1S/C17H20N2O4.ClH/c20-16(4-1-5-17(21)22)13-6-8-15(9-7-13)23-10-2-3-14-11-18-12-19-14;/h6-9,11-12H,1-5,10H2,(H,18,19)(H,21,22);1H. The molecule has 0 aliphatic carbocycles. The number of aromatic amines is 1. The first-order valence-corrected chi connectivity index (χ1v) is 7.60. The van der Waals surface area contributed by atoms with E-state index in [-0.39, 0.29) is 31.0 Å². The van der Waals surface area contributed by atoms with Crippen molar-refractivity contribution < 1.29 is 19.4 Å². The molecule has 0 aliphatic heterocycles. The van der Waals surface area contributed by atoms with Crippen LogP contribution in [0.25, 0.3) is 0 Å². The summed E-state index contributed by atoms with van der Waals surface area (Å²) in [5.41, 5.74) is 1.66. The van der Waals surface area contributed by atoms with Crippen molar-refractivity contribution >= 4 is 24.2 Å². The van der Waals surface area contributed by atoms with Crippen LogP contribution in [0, 0.1) is 0 Å². The fourth-order valence-corrected chi connectivity index (χ4v) is 2.16. The van der Waals surface area contributed by atoms with Gasteiger partial charge in [-0.3, -0.25) is 9.59 Å². The number of H-pyrrole nitrogens is 1. The van der Waals surface area contributed by atoms with Gasteiger partial charge in [-0.2, -0.15) is 0 Å². The van der Waals surface area contributed by atoms with E-state index in [0.29, 0.717) is 18.6 Å². The Hall–Kier alpha value is -2.34. The minimum absolute atomic E-state index is 0. The summed E-state index contributed by atoms with van der Waals surface area (Å²) >= 11 is 0. The maximum absolute atomic E-state index is 11.9. The van der Waals surface area contributed by atoms with Gasteiger partial charge in [0.1, 0.15) is 5.75 Å². The highest BCUT2D eigenvalue weighted by molar-refractivity contribution is 5.96. The molecule has 0 spiro atoms. The second-order valence-electron chi connectivity index (χ2n) is 5.22. The number of hydrogen-bond donors (Lipinski definition) is 2. The SMILES string of the molecule is Cl.O=C(O)CCCC(=O)c1ccc(OCCCc2cnc[nH]2)cc1. The molecule has 0 fully saturated rings. The molecule has 0 radical (unpaired) electrons. The van der Waals surface area contributed by atoms with Crippen LogP contribution in [-0.4, -0.2) is 33.4 Å². The monoisotopic (exact) mass is 352 g/mol. The molecule has 1 aromatic carbocycles. The van der Waals surface area contributed by atoms with Gasteiger partial charge in [-0.25, -0.2) is 4.98 Å². The summed E-state index contributed by atoms with van der Waals surface area (Å²) < 4.78 is 5.63. The van der Waals surface area contributed by atoms with Crippen molar-refractivity contribution in [3.05, 3.63) is 48.0 Å². The first-order valence-electron chi connectivity index (χ1n) is 7.60. The van der Waals surface area contributed by atoms with E-state index >= 15 is 0 Å². The van der Waals surface area contributed by atoms with Gasteiger partial charge < -0.3 is 14.8 Å². The molecule has 1 heterocycles. The van der Waals surface area contributed by atoms with Gasteiger partial charge >= 0.3 is 5.97 Å². The highest BCUT2D eigenvalue weighted by Crippen LogP contribution is 2.15. The molecular formula is C17H21ClN2O4. The second kappa shape index (κ2) is 10.4. The number of imidazole rings is 1. The molecule has 0 bridgehead atoms. The fourth-order valence-electron chi connectivity index (χ4n) is 2.16. The van der Waals surface area contributed by atoms with Gasteiger partial charge in [-0.15, -0.1) is 12.4 Å². The molecule has 0 aliphatic rings. The van der Waals surface area contributed by atoms with Crippen molar-refractivity contribution in [2.24, 2.45) is 0 Å². The van der Waals surface area contributed by atoms with E-state index in [2.05, 4.69) is 9.97 Å². The quantitative estimate of drug-likeness (QED) is 0.505. The molecule has 0 unspecified atom stereocenters. The molecule has 0 atom stereocenters. The third-order valence-electron chi connectivity index (χ3n) is 3.38. The summed E-state index contributed by atoms with van der Waals surface area (Å²) in [6.45, 7) is 0.588. The maximum Gasteiger partial charge on any atom is 0.303 e. The Balaban J connectivity index is 0.00000288. The van der Waals surface area contributed by atoms with Gasteiger partial charge in [0.05, 0.1) is 12.9 Å². The lowest BCUT2D eigenvalue weighted by Gasteiger charge is -2.06. The van der Waals surface area contributed by atoms with Crippen LogP contribution in [0.1, 0.15) is 41.7 Å². The first-order chi connectivity index (χ1) is 11.1. The normalized spacial score (nSPS) is 10.0. The Kier molecular flexibility index (Phi) is 8.57. The van der Waals surface area contributed by atoms with E-state index in [1.54, 1.807) is 36.8 Å². The fraction of sp³-hybridized carbons (Fsp3) is 0.353. The summed E-state index contributed by atoms with van der Waals surface area (Å²) in [5, 5.41) is 8.56. The van der Waals surface area contributed by atoms with Crippen molar-refractivity contribution in [2.45, 2.75) is 32.1 Å². The molecule has 6 nitrogen and oxygen atoms in total. The zero-order valence-corrected chi connectivity index (χ0v) is 14.1. The number of nitrogens with zero attached hydrogens (tertiary/aromatic N) is 1. The van der Waals surface area contributed by atoms with Gasteiger partial charge in [0.2, 0.25) is 0 Å². The van der Waals surface area contributed by atoms with Crippen LogP contribution in [0.2, 0.25) is 0 Å². The summed E-state index contributed by atoms with van der Waals surface area (Å²) in [7, 11) is 0. The Morgan fingerprint density at radius 1 is 1.12 bits per heavy atom. The molecule has 130 valence electrons. The summed E-state index contributed by atoms with van der Waals surface area (Å²) in [6.07, 6.45) is 5.82. The van der Waals surface area contributed by atoms with Crippen molar-refractivity contribution in [1.29, 1.82) is 0 Å². The lowest BCUT2D eigenvalue weighted by Crippen LogP contribution is -2.03. The number of carboxylic acids is 1. The topological polar surface area (TPSA) is 92.3 Å². The molecule has 7 heteroatoms. The first kappa shape index (κ1) is 19.7. The van der Waals surface area contributed by atoms with Crippen molar-refractivity contribution in [3.63, 3.8) is 0 Å². The van der Waals surface area contributed by atoms with Crippen LogP contribution >= 0.6 is 12.4 Å². The van der Waals surface area contributed by atoms with E-state index in [4.69, 9.17) is 9.84 Å². The predicted octanol–water partition coefficient (Wildman–Crippen LogP) is 3.28. The lowest BCUT2D eigenvalue weighted by atomic mass is 10.1. The van der Waals surface area contributed by atoms with Crippen molar-refractivity contribution in [1.82, 2.24) is 9.97 Å². The number of ketones is 1. The van der Waals surface area contributed by atoms with Crippen LogP contribution in [0.4, 0.5) is 0 Å². The Labute approximate surface area is 146 Å². The van der Waals surface area contributed by atoms with Gasteiger partial charge in [-0.05, 0) is 43.5 Å². The third kappa shape index (κ3) is 6.83. The molecule has 0 saturated carbocycles. The van der Waals surface area contributed by atoms with Crippen LogP contribution in [0.3, 0.4) is 0 Å². The highest BCUT2D eigenvalue weighted by Gasteiger charge is 2.07. The minimum atomic E-state index is -0.878. The number of carbonyl (C=O) groups excluding carboxylic acids is 1. The van der Waals surface area contributed by atoms with Crippen LogP contribution in [0.5, 0.6) is 5.75 Å². The Morgan fingerprint density at radius 2 is 1.88 bits per heavy atom. The average Bonchev–Trinajstić information content (AvgIpc) is 3.05. The number of aryl methyl sites for hydroxylation is 1. The van der Waals surface area contributed by atoms with E-state index in [9.17, 15) is 9.59 Å². The van der Waals surface area contributed by atoms with Gasteiger partial charge in [0, 0.05) is 30.3 Å². The summed E-state index contributed by atoms with van der Waals surface area (Å²) in [5.74, 6) is -0.203. The Bertz CT molecular complexity index is 627. The number of carbonyl (C=O) groups is 2. The molecule has 2 N–H and O–H groups in total. The third-order valence-corrected chi connectivity index (χ3v) is 3.38. The van der Waals surface area contributed by atoms with Crippen LogP contribution in [-0.2, 0) is 11.2 Å². The predicted molar refractivity (Wildman–Crippen MR) is 91.9 cm³/mol. The van der Waals surface area contributed by atoms with Gasteiger partial charge in [-0.1, -0.05) is 0 Å². The minimum Gasteiger partial charge on any atom is -0.494 e. The maximum atomic E-state index is 11.9. The van der Waals surface area contributed by atoms with Crippen molar-refractivity contribution in [3.8, 4) is 5.75 Å². The molecule has 0 saturated heterocycles. The van der Waals surface area contributed by atoms with E-state index in [1.807, 2.05) is 0 Å². The zero-order chi connectivity index (χ0) is 16.5. The lowest BCUT2D eigenvalue weighted by molar-refractivity contribution is -0.137. The smallest absolute Gasteiger partial charge is 0.303 e. The summed E-state index contributed by atoms with van der Waals surface area (Å²) in [6, 6.07) is 6.96. The number of Topliss-reactive ketones (excluding diaryl/α,β-unsaturated/α-hetero) is 1. The molecule has 0 amide bonds. The van der Waals surface area contributed by atoms with E-state index < -0.39 is 5.97 Å². The summed E-state index contributed by atoms with van der Waals surface area (Å²) in [4.78, 5) is 29.3. The van der Waals surface area contributed by atoms with Crippen molar-refractivity contribution in [2.75, 3.05) is 6.61 Å². The van der Waals surface area contributed by atoms with Crippen LogP contribution in [0.15, 0.2) is 36.8 Å². The molecule has 1 aromatic heterocycles. The number of hydrogen-bond acceptors (Lipinski definition) is 4. The van der Waals surface area contributed by atoms with Gasteiger partial charge in [0.25, 0.3) is 0 Å². The number of aliphatic carboxylic acids is 1. The molecule has 2 aromatic rings. The zero-order valence-electron chi connectivity index (χ0n) is 13.2.